The fourth-order valence-electron chi connectivity index (χ4n) is 0.160. The highest BCUT2D eigenvalue weighted by Gasteiger charge is 1.83. The van der Waals surface area contributed by atoms with Crippen LogP contribution in [0.3, 0.4) is 0 Å². The van der Waals surface area contributed by atoms with Crippen LogP contribution in [0.5, 0.6) is 0 Å². The third-order valence-electron chi connectivity index (χ3n) is 0.504. The lowest BCUT2D eigenvalue weighted by Crippen LogP contribution is -1.83. The first kappa shape index (κ1) is 6.72. The maximum Gasteiger partial charge on any atom is 0.145 e. The number of carbonyl (C=O) groups is 1. The number of hydrogen-bond donors (Lipinski definition) is 0. The highest BCUT2D eigenvalue weighted by Crippen LogP contribution is 1.83. The number of nitrogens with zero attached hydrogens (tertiary/aromatic N) is 3. The summed E-state index contributed by atoms with van der Waals surface area (Å²) >= 11 is 0. The molecule has 0 radical (unpaired) electrons. The van der Waals surface area contributed by atoms with Gasteiger partial charge in [0.25, 0.3) is 0 Å². The van der Waals surface area contributed by atoms with Gasteiger partial charge in [-0.15, -0.1) is 0 Å². The maximum atomic E-state index is 9.73. The van der Waals surface area contributed by atoms with E-state index in [0.29, 0.717) is 11.9 Å². The largest absolute Gasteiger partial charge is 0.298 e. The number of hydrogen-bond acceptors (Lipinski definition) is 2. The molecule has 0 bridgehead atoms. The fourth-order valence-corrected chi connectivity index (χ4v) is 0.160. The first-order valence-corrected chi connectivity index (χ1v) is 1.95. The van der Waals surface area contributed by atoms with Gasteiger partial charge in [0.1, 0.15) is 6.29 Å². The molecule has 0 aromatic carbocycles. The van der Waals surface area contributed by atoms with Crippen molar-refractivity contribution in [2.45, 2.75) is 0 Å². The molecule has 0 saturated carbocycles. The third-order valence-corrected chi connectivity index (χ3v) is 0.504. The highest BCUT2D eigenvalue weighted by atomic mass is 16.1. The Kier molecular flexibility index (Phi) is 3.27. The van der Waals surface area contributed by atoms with Gasteiger partial charge >= 0.3 is 0 Å². The minimum atomic E-state index is 0.0694. The van der Waals surface area contributed by atoms with E-state index in [-0.39, 0.29) is 6.54 Å². The zero-order valence-electron chi connectivity index (χ0n) is 4.24. The molecule has 0 aliphatic rings. The van der Waals surface area contributed by atoms with Crippen molar-refractivity contribution < 1.29 is 4.79 Å². The molecular weight excluding hydrogens is 106 g/mol. The second-order valence-electron chi connectivity index (χ2n) is 1.17. The first-order chi connectivity index (χ1) is 3.81. The summed E-state index contributed by atoms with van der Waals surface area (Å²) in [7, 11) is 0. The van der Waals surface area contributed by atoms with Gasteiger partial charge in [0.2, 0.25) is 0 Å². The van der Waals surface area contributed by atoms with Gasteiger partial charge in [0, 0.05) is 4.91 Å². The molecule has 0 amide bonds. The molecule has 0 atom stereocenters. The Balaban J connectivity index is 3.55. The van der Waals surface area contributed by atoms with Crippen molar-refractivity contribution in [1.29, 1.82) is 0 Å². The molecule has 0 rings (SSSR count). The topological polar surface area (TPSA) is 65.8 Å². The van der Waals surface area contributed by atoms with Crippen LogP contribution in [0.15, 0.2) is 17.3 Å². The van der Waals surface area contributed by atoms with E-state index in [1.165, 1.54) is 0 Å². The predicted octanol–water partition coefficient (Wildman–Crippen LogP) is 1.05. The summed E-state index contributed by atoms with van der Waals surface area (Å²) in [5, 5.41) is 3.09. The van der Waals surface area contributed by atoms with Crippen molar-refractivity contribution >= 4 is 6.29 Å². The second kappa shape index (κ2) is 3.89. The van der Waals surface area contributed by atoms with Crippen LogP contribution in [0.4, 0.5) is 0 Å². The average Bonchev–Trinajstić information content (AvgIpc) is 1.83. The molecule has 0 aliphatic heterocycles. The number of carbonyl (C=O) groups excluding carboxylic acids is 1. The fraction of sp³-hybridized carbons (Fsp3) is 0.250. The highest BCUT2D eigenvalue weighted by molar-refractivity contribution is 5.72. The molecule has 0 heterocycles. The molecule has 0 aromatic heterocycles. The van der Waals surface area contributed by atoms with E-state index >= 15 is 0 Å². The summed E-state index contributed by atoms with van der Waals surface area (Å²) in [5.74, 6) is 0. The number of azide groups is 1. The van der Waals surface area contributed by atoms with Crippen molar-refractivity contribution in [2.24, 2.45) is 5.11 Å². The van der Waals surface area contributed by atoms with Gasteiger partial charge < -0.3 is 0 Å². The summed E-state index contributed by atoms with van der Waals surface area (Å²) < 4.78 is 0. The van der Waals surface area contributed by atoms with E-state index < -0.39 is 0 Å². The summed E-state index contributed by atoms with van der Waals surface area (Å²) in [6.45, 7) is 3.35. The minimum absolute atomic E-state index is 0.0694. The molecule has 0 N–H and O–H groups in total. The van der Waals surface area contributed by atoms with Crippen LogP contribution in [0, 0.1) is 0 Å². The summed E-state index contributed by atoms with van der Waals surface area (Å²) in [5.41, 5.74) is 8.01. The van der Waals surface area contributed by atoms with Gasteiger partial charge in [-0.05, 0) is 11.1 Å². The van der Waals surface area contributed by atoms with Crippen molar-refractivity contribution in [2.75, 3.05) is 6.54 Å². The van der Waals surface area contributed by atoms with Crippen LogP contribution >= 0.6 is 0 Å². The van der Waals surface area contributed by atoms with Gasteiger partial charge in [-0.2, -0.15) is 0 Å². The maximum absolute atomic E-state index is 9.73. The van der Waals surface area contributed by atoms with Crippen molar-refractivity contribution in [3.05, 3.63) is 22.6 Å². The molecule has 0 saturated heterocycles. The minimum Gasteiger partial charge on any atom is -0.298 e. The van der Waals surface area contributed by atoms with E-state index in [1.54, 1.807) is 0 Å². The van der Waals surface area contributed by atoms with Crippen LogP contribution in [-0.4, -0.2) is 12.8 Å². The SMILES string of the molecule is C=C(C=O)CN=[N+]=[N-]. The zero-order chi connectivity index (χ0) is 6.41. The molecule has 0 fully saturated rings. The van der Waals surface area contributed by atoms with E-state index in [1.807, 2.05) is 0 Å². The van der Waals surface area contributed by atoms with Crippen molar-refractivity contribution in [3.63, 3.8) is 0 Å². The number of aldehydes is 1. The molecule has 0 aromatic rings. The average molecular weight is 111 g/mol. The van der Waals surface area contributed by atoms with Gasteiger partial charge in [0.15, 0.2) is 0 Å². The summed E-state index contributed by atoms with van der Waals surface area (Å²) in [6.07, 6.45) is 0.564. The van der Waals surface area contributed by atoms with Gasteiger partial charge in [-0.25, -0.2) is 0 Å². The Bertz CT molecular complexity index is 145. The van der Waals surface area contributed by atoms with Crippen LogP contribution in [0.25, 0.3) is 10.4 Å². The summed E-state index contributed by atoms with van der Waals surface area (Å²) in [4.78, 5) is 12.2. The molecule has 0 aliphatic carbocycles. The van der Waals surface area contributed by atoms with Gasteiger partial charge in [-0.1, -0.05) is 11.7 Å². The molecule has 4 heteroatoms. The Morgan fingerprint density at radius 3 is 3.00 bits per heavy atom. The van der Waals surface area contributed by atoms with Crippen LogP contribution in [0.2, 0.25) is 0 Å². The third kappa shape index (κ3) is 2.93. The van der Waals surface area contributed by atoms with Gasteiger partial charge in [0.05, 0.1) is 6.54 Å². The van der Waals surface area contributed by atoms with Crippen LogP contribution < -0.4 is 0 Å². The molecule has 4 nitrogen and oxygen atoms in total. The molecule has 42 valence electrons. The number of rotatable bonds is 3. The zero-order valence-corrected chi connectivity index (χ0v) is 4.24. The standard InChI is InChI=1S/C4H5N3O/c1-4(3-8)2-6-7-5/h3H,1-2H2. The molecule has 0 unspecified atom stereocenters. The molecule has 8 heavy (non-hydrogen) atoms. The Morgan fingerprint density at radius 1 is 2.00 bits per heavy atom. The van der Waals surface area contributed by atoms with Crippen molar-refractivity contribution in [3.8, 4) is 0 Å². The lowest BCUT2D eigenvalue weighted by Gasteiger charge is -1.80. The first-order valence-electron chi connectivity index (χ1n) is 1.95. The van der Waals surface area contributed by atoms with Gasteiger partial charge in [-0.3, -0.25) is 4.79 Å². The quantitative estimate of drug-likeness (QED) is 0.176. The van der Waals surface area contributed by atoms with E-state index in [4.69, 9.17) is 5.53 Å². The second-order valence-corrected chi connectivity index (χ2v) is 1.17. The normalized spacial score (nSPS) is 7.00. The predicted molar refractivity (Wildman–Crippen MR) is 29.2 cm³/mol. The van der Waals surface area contributed by atoms with E-state index in [2.05, 4.69) is 16.6 Å². The van der Waals surface area contributed by atoms with E-state index in [9.17, 15) is 4.79 Å². The Labute approximate surface area is 46.4 Å². The Morgan fingerprint density at radius 2 is 2.62 bits per heavy atom. The summed E-state index contributed by atoms with van der Waals surface area (Å²) in [6, 6.07) is 0. The van der Waals surface area contributed by atoms with Crippen LogP contribution in [0.1, 0.15) is 0 Å². The smallest absolute Gasteiger partial charge is 0.145 e. The Hall–Kier alpha value is -1.28. The van der Waals surface area contributed by atoms with Crippen LogP contribution in [-0.2, 0) is 4.79 Å². The monoisotopic (exact) mass is 111 g/mol. The molecule has 0 spiro atoms. The lowest BCUT2D eigenvalue weighted by atomic mass is 10.3. The lowest BCUT2D eigenvalue weighted by molar-refractivity contribution is -0.104. The molecular formula is C4H5N3O. The van der Waals surface area contributed by atoms with Crippen molar-refractivity contribution in [1.82, 2.24) is 0 Å². The van der Waals surface area contributed by atoms with E-state index in [0.717, 1.165) is 0 Å².